The van der Waals surface area contributed by atoms with Crippen molar-refractivity contribution in [2.24, 2.45) is 5.92 Å². The molecule has 0 saturated heterocycles. The lowest BCUT2D eigenvalue weighted by atomic mass is 9.90. The number of carbonyl (C=O) groups excluding carboxylic acids is 1. The second kappa shape index (κ2) is 11.8. The van der Waals surface area contributed by atoms with Gasteiger partial charge in [-0.3, -0.25) is 0 Å². The van der Waals surface area contributed by atoms with E-state index < -0.39 is 23.7 Å². The second-order valence-electron chi connectivity index (χ2n) is 10.3. The van der Waals surface area contributed by atoms with Crippen molar-refractivity contribution >= 4 is 29.1 Å². The number of hydrogen-bond acceptors (Lipinski definition) is 3. The molecular weight excluding hydrogens is 507 g/mol. The molecule has 0 aromatic heterocycles. The average molecular weight is 540 g/mol. The Morgan fingerprint density at radius 3 is 2.28 bits per heavy atom. The van der Waals surface area contributed by atoms with Gasteiger partial charge in [0.1, 0.15) is 5.82 Å². The summed E-state index contributed by atoms with van der Waals surface area (Å²) in [5.74, 6) is -4.18. The number of para-hydroxylation sites is 1. The van der Waals surface area contributed by atoms with E-state index >= 15 is 0 Å². The highest BCUT2D eigenvalue weighted by Gasteiger charge is 2.37. The summed E-state index contributed by atoms with van der Waals surface area (Å²) in [7, 11) is 0. The summed E-state index contributed by atoms with van der Waals surface area (Å²) in [5.41, 5.74) is 2.09. The molecule has 3 aromatic rings. The van der Waals surface area contributed by atoms with Crippen LogP contribution in [0.1, 0.15) is 49.9 Å². The molecule has 3 N–H and O–H groups in total. The quantitative estimate of drug-likeness (QED) is 0.272. The van der Waals surface area contributed by atoms with E-state index in [1.165, 1.54) is 24.3 Å². The average Bonchev–Trinajstić information content (AvgIpc) is 2.89. The minimum atomic E-state index is -2.69. The number of benzene rings is 3. The molecule has 1 saturated carbocycles. The molecule has 1 aliphatic carbocycles. The van der Waals surface area contributed by atoms with E-state index in [1.807, 2.05) is 18.7 Å². The Balaban J connectivity index is 1.75. The van der Waals surface area contributed by atoms with Crippen LogP contribution in [-0.4, -0.2) is 35.6 Å². The van der Waals surface area contributed by atoms with Gasteiger partial charge in [0.25, 0.3) is 0 Å². The van der Waals surface area contributed by atoms with Crippen molar-refractivity contribution in [1.29, 1.82) is 0 Å². The van der Waals surface area contributed by atoms with Crippen LogP contribution in [0.4, 0.5) is 35.0 Å². The maximum Gasteiger partial charge on any atom is 0.336 e. The largest absolute Gasteiger partial charge is 0.478 e. The highest BCUT2D eigenvalue weighted by molar-refractivity contribution is 6.03. The zero-order valence-corrected chi connectivity index (χ0v) is 21.9. The predicted octanol–water partition coefficient (Wildman–Crippen LogP) is 7.88. The SMILES string of the molecule is CC(C)CN(c1ccc(-c2ccccc2C(=O)O)cc1NC(=O)Nc1ccccc1F)C1CCC(F)(F)CC1. The maximum absolute atomic E-state index is 14.2. The number of rotatable bonds is 8. The first-order valence-electron chi connectivity index (χ1n) is 13.0. The lowest BCUT2D eigenvalue weighted by molar-refractivity contribution is -0.0382. The first-order valence-corrected chi connectivity index (χ1v) is 13.0. The normalized spacial score (nSPS) is 15.1. The topological polar surface area (TPSA) is 81.7 Å². The number of anilines is 3. The van der Waals surface area contributed by atoms with Crippen LogP contribution in [0, 0.1) is 11.7 Å². The van der Waals surface area contributed by atoms with Gasteiger partial charge in [-0.15, -0.1) is 0 Å². The van der Waals surface area contributed by atoms with Gasteiger partial charge >= 0.3 is 12.0 Å². The number of carbonyl (C=O) groups is 2. The molecule has 0 atom stereocenters. The number of amides is 2. The summed E-state index contributed by atoms with van der Waals surface area (Å²) in [4.78, 5) is 26.9. The summed E-state index contributed by atoms with van der Waals surface area (Å²) >= 11 is 0. The molecule has 0 spiro atoms. The Kier molecular flexibility index (Phi) is 8.47. The van der Waals surface area contributed by atoms with Gasteiger partial charge in [0.05, 0.1) is 22.6 Å². The van der Waals surface area contributed by atoms with E-state index in [2.05, 4.69) is 10.6 Å². The molecule has 0 radical (unpaired) electrons. The maximum atomic E-state index is 14.2. The van der Waals surface area contributed by atoms with Crippen LogP contribution < -0.4 is 15.5 Å². The van der Waals surface area contributed by atoms with Crippen molar-refractivity contribution in [3.05, 3.63) is 78.1 Å². The number of aromatic carboxylic acids is 1. The van der Waals surface area contributed by atoms with Crippen molar-refractivity contribution in [1.82, 2.24) is 0 Å². The Morgan fingerprint density at radius 1 is 0.974 bits per heavy atom. The minimum absolute atomic E-state index is 0.00234. The van der Waals surface area contributed by atoms with Crippen molar-refractivity contribution in [2.75, 3.05) is 22.1 Å². The number of hydrogen-bond donors (Lipinski definition) is 3. The van der Waals surface area contributed by atoms with E-state index in [9.17, 15) is 27.9 Å². The number of alkyl halides is 2. The molecule has 206 valence electrons. The molecule has 6 nitrogen and oxygen atoms in total. The number of carboxylic acid groups (broad SMARTS) is 1. The molecule has 3 aromatic carbocycles. The highest BCUT2D eigenvalue weighted by atomic mass is 19.3. The molecule has 0 heterocycles. The van der Waals surface area contributed by atoms with Crippen LogP contribution in [-0.2, 0) is 0 Å². The Labute approximate surface area is 225 Å². The Hall–Kier alpha value is -4.01. The molecule has 9 heteroatoms. The smallest absolute Gasteiger partial charge is 0.336 e. The predicted molar refractivity (Wildman–Crippen MR) is 147 cm³/mol. The van der Waals surface area contributed by atoms with E-state index in [0.29, 0.717) is 41.9 Å². The molecule has 1 fully saturated rings. The molecule has 0 unspecified atom stereocenters. The molecular formula is C30H32F3N3O3. The lowest BCUT2D eigenvalue weighted by Gasteiger charge is -2.40. The third-order valence-corrected chi connectivity index (χ3v) is 6.83. The molecule has 1 aliphatic rings. The fraction of sp³-hybridized carbons (Fsp3) is 0.333. The van der Waals surface area contributed by atoms with Gasteiger partial charge in [0.2, 0.25) is 5.92 Å². The standard InChI is InChI=1S/C30H32F3N3O3/c1-19(2)18-36(21-13-15-30(32,33)16-14-21)27-12-11-20(22-7-3-4-8-23(22)28(37)38)17-26(27)35-29(39)34-25-10-6-5-9-24(25)31/h3-12,17,19,21H,13-16,18H2,1-2H3,(H,37,38)(H2,34,35,39). The Bertz CT molecular complexity index is 1340. The number of halogens is 3. The van der Waals surface area contributed by atoms with Crippen molar-refractivity contribution in [3.8, 4) is 11.1 Å². The molecule has 2 amide bonds. The fourth-order valence-electron chi connectivity index (χ4n) is 4.99. The molecule has 39 heavy (non-hydrogen) atoms. The fourth-order valence-corrected chi connectivity index (χ4v) is 4.99. The molecule has 4 rings (SSSR count). The summed E-state index contributed by atoms with van der Waals surface area (Å²) in [5, 5.41) is 15.0. The van der Waals surface area contributed by atoms with Gasteiger partial charge in [0.15, 0.2) is 0 Å². The Morgan fingerprint density at radius 2 is 1.62 bits per heavy atom. The van der Waals surface area contributed by atoms with Crippen molar-refractivity contribution in [2.45, 2.75) is 51.5 Å². The van der Waals surface area contributed by atoms with Gasteiger partial charge in [-0.2, -0.15) is 0 Å². The van der Waals surface area contributed by atoms with Crippen LogP contribution >= 0.6 is 0 Å². The summed E-state index contributed by atoms with van der Waals surface area (Å²) in [6.45, 7) is 4.62. The number of nitrogens with one attached hydrogen (secondary N) is 2. The van der Waals surface area contributed by atoms with Crippen LogP contribution in [0.2, 0.25) is 0 Å². The highest BCUT2D eigenvalue weighted by Crippen LogP contribution is 2.40. The van der Waals surface area contributed by atoms with E-state index in [0.717, 1.165) is 0 Å². The minimum Gasteiger partial charge on any atom is -0.478 e. The molecule has 0 bridgehead atoms. The molecule has 0 aliphatic heterocycles. The number of carboxylic acids is 1. The lowest BCUT2D eigenvalue weighted by Crippen LogP contribution is -2.43. The van der Waals surface area contributed by atoms with E-state index in [1.54, 1.807) is 42.5 Å². The first-order chi connectivity index (χ1) is 18.5. The summed E-state index contributed by atoms with van der Waals surface area (Å²) < 4.78 is 42.1. The van der Waals surface area contributed by atoms with E-state index in [-0.39, 0.29) is 36.1 Å². The van der Waals surface area contributed by atoms with Gasteiger partial charge < -0.3 is 20.6 Å². The monoisotopic (exact) mass is 539 g/mol. The summed E-state index contributed by atoms with van der Waals surface area (Å²) in [6, 6.07) is 16.7. The second-order valence-corrected chi connectivity index (χ2v) is 10.3. The van der Waals surface area contributed by atoms with Crippen molar-refractivity contribution in [3.63, 3.8) is 0 Å². The van der Waals surface area contributed by atoms with Gasteiger partial charge in [-0.1, -0.05) is 50.2 Å². The van der Waals surface area contributed by atoms with Crippen LogP contribution in [0.25, 0.3) is 11.1 Å². The summed E-state index contributed by atoms with van der Waals surface area (Å²) in [6.07, 6.45) is 0.161. The number of nitrogens with zero attached hydrogens (tertiary/aromatic N) is 1. The third kappa shape index (κ3) is 6.90. The van der Waals surface area contributed by atoms with Crippen LogP contribution in [0.15, 0.2) is 66.7 Å². The first kappa shape index (κ1) is 28.0. The van der Waals surface area contributed by atoms with Gasteiger partial charge in [-0.25, -0.2) is 22.8 Å². The third-order valence-electron chi connectivity index (χ3n) is 6.83. The van der Waals surface area contributed by atoms with Gasteiger partial charge in [-0.05, 0) is 60.2 Å². The van der Waals surface area contributed by atoms with Crippen LogP contribution in [0.5, 0.6) is 0 Å². The van der Waals surface area contributed by atoms with Crippen LogP contribution in [0.3, 0.4) is 0 Å². The number of urea groups is 1. The zero-order valence-electron chi connectivity index (χ0n) is 21.9. The van der Waals surface area contributed by atoms with Gasteiger partial charge in [0, 0.05) is 25.4 Å². The van der Waals surface area contributed by atoms with E-state index in [4.69, 9.17) is 0 Å². The van der Waals surface area contributed by atoms with Crippen molar-refractivity contribution < 1.29 is 27.9 Å². The zero-order chi connectivity index (χ0) is 28.2.